The lowest BCUT2D eigenvalue weighted by molar-refractivity contribution is 0.0934. The number of hydrogen-bond acceptors (Lipinski definition) is 8. The molecule has 0 fully saturated rings. The average Bonchev–Trinajstić information content (AvgIpc) is 3.12. The lowest BCUT2D eigenvalue weighted by atomic mass is 10.0. The number of ether oxygens (including phenoxy) is 3. The Morgan fingerprint density at radius 2 is 1.97 bits per heavy atom. The number of rotatable bonds is 4. The summed E-state index contributed by atoms with van der Waals surface area (Å²) in [6.07, 6.45) is -0.261. The zero-order valence-electron chi connectivity index (χ0n) is 16.9. The number of phenols is 1. The Morgan fingerprint density at radius 3 is 2.60 bits per heavy atom. The van der Waals surface area contributed by atoms with E-state index >= 15 is 0 Å². The van der Waals surface area contributed by atoms with E-state index in [-0.39, 0.29) is 29.2 Å². The Bertz CT molecular complexity index is 980. The first-order chi connectivity index (χ1) is 14.5. The van der Waals surface area contributed by atoms with Crippen molar-refractivity contribution in [1.82, 2.24) is 10.2 Å². The molecule has 2 aliphatic heterocycles. The lowest BCUT2D eigenvalue weighted by Crippen LogP contribution is -2.39. The second-order valence-corrected chi connectivity index (χ2v) is 8.01. The number of nitrogens with zero attached hydrogens (tertiary/aromatic N) is 1. The van der Waals surface area contributed by atoms with E-state index in [1.807, 2.05) is 0 Å². The summed E-state index contributed by atoms with van der Waals surface area (Å²) in [6.45, 7) is 3.04. The maximum Gasteiger partial charge on any atom is 0.410 e. The number of hydrogen-bond donors (Lipinski definition) is 3. The zero-order chi connectivity index (χ0) is 21.4. The molecule has 0 saturated carbocycles. The van der Waals surface area contributed by atoms with Crippen LogP contribution >= 0.6 is 11.3 Å². The molecule has 0 radical (unpaired) electrons. The minimum Gasteiger partial charge on any atom is -0.502 e. The normalized spacial score (nSPS) is 17.4. The van der Waals surface area contributed by atoms with E-state index in [1.165, 1.54) is 25.6 Å². The van der Waals surface area contributed by atoms with Crippen molar-refractivity contribution in [2.45, 2.75) is 26.1 Å². The predicted molar refractivity (Wildman–Crippen MR) is 110 cm³/mol. The van der Waals surface area contributed by atoms with Gasteiger partial charge in [-0.1, -0.05) is 0 Å². The van der Waals surface area contributed by atoms with Gasteiger partial charge in [0.2, 0.25) is 5.75 Å². The van der Waals surface area contributed by atoms with Gasteiger partial charge in [-0.25, -0.2) is 4.79 Å². The van der Waals surface area contributed by atoms with Crippen LogP contribution in [-0.2, 0) is 17.7 Å². The van der Waals surface area contributed by atoms with E-state index in [9.17, 15) is 14.7 Å². The van der Waals surface area contributed by atoms with Crippen molar-refractivity contribution in [3.05, 3.63) is 33.7 Å². The van der Waals surface area contributed by atoms with E-state index in [0.717, 1.165) is 15.4 Å². The fourth-order valence-electron chi connectivity index (χ4n) is 3.73. The molecule has 1 aromatic heterocycles. The molecule has 30 heavy (non-hydrogen) atoms. The molecule has 160 valence electrons. The predicted octanol–water partition coefficient (Wildman–Crippen LogP) is 2.84. The number of carbonyl (C=O) groups excluding carboxylic acids is 2. The van der Waals surface area contributed by atoms with Gasteiger partial charge in [-0.15, -0.1) is 11.3 Å². The van der Waals surface area contributed by atoms with E-state index in [4.69, 9.17) is 14.2 Å². The minimum absolute atomic E-state index is 0.0998. The smallest absolute Gasteiger partial charge is 0.410 e. The van der Waals surface area contributed by atoms with Gasteiger partial charge >= 0.3 is 6.09 Å². The third-order valence-electron chi connectivity index (χ3n) is 5.20. The monoisotopic (exact) mass is 433 g/mol. The van der Waals surface area contributed by atoms with Crippen molar-refractivity contribution in [3.63, 3.8) is 0 Å². The molecule has 3 heterocycles. The Kier molecular flexibility index (Phi) is 5.33. The van der Waals surface area contributed by atoms with E-state index in [0.29, 0.717) is 37.2 Å². The van der Waals surface area contributed by atoms with Crippen molar-refractivity contribution in [2.75, 3.05) is 32.7 Å². The van der Waals surface area contributed by atoms with Crippen LogP contribution in [0.15, 0.2) is 12.1 Å². The van der Waals surface area contributed by atoms with Gasteiger partial charge in [0.05, 0.1) is 32.9 Å². The van der Waals surface area contributed by atoms with Crippen molar-refractivity contribution in [3.8, 4) is 17.2 Å². The number of aromatic hydroxyl groups is 1. The third-order valence-corrected chi connectivity index (χ3v) is 6.34. The average molecular weight is 433 g/mol. The number of phenolic OH excluding ortho intramolecular Hbond substituents is 1. The Balaban J connectivity index is 1.63. The van der Waals surface area contributed by atoms with Crippen LogP contribution < -0.4 is 20.1 Å². The topological polar surface area (TPSA) is 109 Å². The molecule has 0 saturated heterocycles. The maximum absolute atomic E-state index is 12.9. The summed E-state index contributed by atoms with van der Waals surface area (Å²) in [6, 6.07) is 3.30. The number of fused-ring (bicyclic) bond motifs is 3. The maximum atomic E-state index is 12.9. The van der Waals surface area contributed by atoms with Crippen LogP contribution in [0.1, 0.15) is 39.5 Å². The fraction of sp³-hybridized carbons (Fsp3) is 0.400. The van der Waals surface area contributed by atoms with Crippen molar-refractivity contribution in [2.24, 2.45) is 0 Å². The first kappa shape index (κ1) is 20.1. The quantitative estimate of drug-likeness (QED) is 0.680. The summed E-state index contributed by atoms with van der Waals surface area (Å²) in [4.78, 5) is 27.6. The summed E-state index contributed by atoms with van der Waals surface area (Å²) in [5.74, 6) is 0.225. The van der Waals surface area contributed by atoms with Gasteiger partial charge in [0.1, 0.15) is 11.2 Å². The molecule has 10 heteroatoms. The molecule has 0 bridgehead atoms. The molecule has 1 atom stereocenters. The SMILES string of the molecule is CCOC(=O)N1CCc2c(sc3c2C(=O)N[C@H](c2cc(OC)c(O)c(OC)c2)N3)C1. The van der Waals surface area contributed by atoms with Crippen molar-refractivity contribution < 1.29 is 28.9 Å². The van der Waals surface area contributed by atoms with E-state index in [1.54, 1.807) is 24.0 Å². The second kappa shape index (κ2) is 7.94. The van der Waals surface area contributed by atoms with Gasteiger partial charge in [0, 0.05) is 17.0 Å². The molecular weight excluding hydrogens is 410 g/mol. The van der Waals surface area contributed by atoms with Crippen LogP contribution in [0.2, 0.25) is 0 Å². The van der Waals surface area contributed by atoms with Crippen LogP contribution in [0.5, 0.6) is 17.2 Å². The first-order valence-corrected chi connectivity index (χ1v) is 10.4. The molecular formula is C20H23N3O6S. The number of methoxy groups -OCH3 is 2. The van der Waals surface area contributed by atoms with Gasteiger partial charge in [-0.05, 0) is 31.0 Å². The lowest BCUT2D eigenvalue weighted by Gasteiger charge is -2.28. The number of anilines is 1. The fourth-order valence-corrected chi connectivity index (χ4v) is 5.02. The number of nitrogens with one attached hydrogen (secondary N) is 2. The largest absolute Gasteiger partial charge is 0.502 e. The number of thiophene rings is 1. The Labute approximate surface area is 177 Å². The van der Waals surface area contributed by atoms with E-state index < -0.39 is 6.17 Å². The summed E-state index contributed by atoms with van der Waals surface area (Å²) in [7, 11) is 2.90. The van der Waals surface area contributed by atoms with Gasteiger partial charge in [-0.2, -0.15) is 0 Å². The molecule has 0 unspecified atom stereocenters. The van der Waals surface area contributed by atoms with Crippen LogP contribution in [0.4, 0.5) is 9.80 Å². The molecule has 4 rings (SSSR count). The van der Waals surface area contributed by atoms with Gasteiger partial charge in [-0.3, -0.25) is 4.79 Å². The third kappa shape index (κ3) is 3.36. The standard InChI is InChI=1S/C20H23N3O6S/c1-4-29-20(26)23-6-5-11-14(9-23)30-19-15(11)18(25)21-17(22-19)10-7-12(27-2)16(24)13(8-10)28-3/h7-8,17,22,24H,4-6,9H2,1-3H3,(H,21,25)/t17-/m0/s1. The number of carbonyl (C=O) groups is 2. The molecule has 2 aromatic rings. The Morgan fingerprint density at radius 1 is 1.27 bits per heavy atom. The van der Waals surface area contributed by atoms with Crippen LogP contribution in [0, 0.1) is 0 Å². The summed E-state index contributed by atoms with van der Waals surface area (Å²) in [5, 5.41) is 17.2. The Hall–Kier alpha value is -3.14. The molecule has 2 amide bonds. The molecule has 2 aliphatic rings. The minimum atomic E-state index is -0.519. The highest BCUT2D eigenvalue weighted by atomic mass is 32.1. The molecule has 0 spiro atoms. The first-order valence-electron chi connectivity index (χ1n) is 9.55. The van der Waals surface area contributed by atoms with Gasteiger partial charge in [0.15, 0.2) is 11.5 Å². The highest BCUT2D eigenvalue weighted by Crippen LogP contribution is 2.43. The summed E-state index contributed by atoms with van der Waals surface area (Å²) < 4.78 is 15.5. The molecule has 0 aliphatic carbocycles. The summed E-state index contributed by atoms with van der Waals surface area (Å²) >= 11 is 1.47. The molecule has 9 nitrogen and oxygen atoms in total. The van der Waals surface area contributed by atoms with Crippen molar-refractivity contribution in [1.29, 1.82) is 0 Å². The number of benzene rings is 1. The van der Waals surface area contributed by atoms with Crippen LogP contribution in [0.25, 0.3) is 0 Å². The van der Waals surface area contributed by atoms with Crippen LogP contribution in [-0.4, -0.2) is 49.4 Å². The highest BCUT2D eigenvalue weighted by molar-refractivity contribution is 7.16. The zero-order valence-corrected chi connectivity index (χ0v) is 17.7. The van der Waals surface area contributed by atoms with E-state index in [2.05, 4.69) is 10.6 Å². The van der Waals surface area contributed by atoms with Gasteiger partial charge < -0.3 is 34.9 Å². The highest BCUT2D eigenvalue weighted by Gasteiger charge is 2.35. The summed E-state index contributed by atoms with van der Waals surface area (Å²) in [5.41, 5.74) is 2.28. The van der Waals surface area contributed by atoms with Gasteiger partial charge in [0.25, 0.3) is 5.91 Å². The number of amides is 2. The second-order valence-electron chi connectivity index (χ2n) is 6.90. The molecule has 3 N–H and O–H groups in total. The van der Waals surface area contributed by atoms with Crippen LogP contribution in [0.3, 0.4) is 0 Å². The van der Waals surface area contributed by atoms with Crippen molar-refractivity contribution >= 4 is 28.3 Å². The molecule has 1 aromatic carbocycles.